The predicted octanol–water partition coefficient (Wildman–Crippen LogP) is 2.72. The molecule has 0 spiro atoms. The van der Waals surface area contributed by atoms with Crippen molar-refractivity contribution in [3.8, 4) is 0 Å². The minimum Gasteiger partial charge on any atom is -0.378 e. The van der Waals surface area contributed by atoms with E-state index in [0.29, 0.717) is 13.2 Å². The summed E-state index contributed by atoms with van der Waals surface area (Å²) < 4.78 is 7.08. The van der Waals surface area contributed by atoms with E-state index in [1.54, 1.807) is 4.57 Å². The van der Waals surface area contributed by atoms with E-state index >= 15 is 0 Å². The third kappa shape index (κ3) is 3.39. The molecule has 0 N–H and O–H groups in total. The van der Waals surface area contributed by atoms with Gasteiger partial charge in [0.2, 0.25) is 0 Å². The molecule has 0 unspecified atom stereocenters. The van der Waals surface area contributed by atoms with E-state index in [1.807, 2.05) is 72.9 Å². The minimum absolute atomic E-state index is 0.198. The molecule has 4 rings (SSSR count). The first-order chi connectivity index (χ1) is 12.8. The van der Waals surface area contributed by atoms with Crippen molar-refractivity contribution in [1.82, 2.24) is 9.55 Å². The van der Waals surface area contributed by atoms with Gasteiger partial charge in [0, 0.05) is 19.3 Å². The van der Waals surface area contributed by atoms with Crippen LogP contribution >= 0.6 is 0 Å². The Labute approximate surface area is 152 Å². The second-order valence-electron chi connectivity index (χ2n) is 6.30. The molecule has 132 valence electrons. The van der Waals surface area contributed by atoms with Crippen LogP contribution in [-0.2, 0) is 4.74 Å². The van der Waals surface area contributed by atoms with Crippen LogP contribution in [0, 0.1) is 0 Å². The van der Waals surface area contributed by atoms with Crippen LogP contribution in [0.2, 0.25) is 0 Å². The normalized spacial score (nSPS) is 14.6. The molecule has 1 fully saturated rings. The molecule has 1 aromatic heterocycles. The van der Waals surface area contributed by atoms with E-state index in [2.05, 4.69) is 9.88 Å². The number of benzene rings is 2. The second-order valence-corrected chi connectivity index (χ2v) is 6.30. The van der Waals surface area contributed by atoms with Crippen LogP contribution in [0.1, 0.15) is 17.2 Å². The van der Waals surface area contributed by atoms with Gasteiger partial charge >= 0.3 is 5.69 Å². The Morgan fingerprint density at radius 3 is 1.96 bits per heavy atom. The molecule has 2 aromatic carbocycles. The highest BCUT2D eigenvalue weighted by Crippen LogP contribution is 2.25. The van der Waals surface area contributed by atoms with Crippen LogP contribution in [-0.4, -0.2) is 35.9 Å². The Kier molecular flexibility index (Phi) is 4.80. The van der Waals surface area contributed by atoms with Crippen molar-refractivity contribution in [2.24, 2.45) is 0 Å². The van der Waals surface area contributed by atoms with Crippen LogP contribution in [0.15, 0.2) is 77.7 Å². The summed E-state index contributed by atoms with van der Waals surface area (Å²) in [6, 6.07) is 21.8. The summed E-state index contributed by atoms with van der Waals surface area (Å²) in [5, 5.41) is 0. The van der Waals surface area contributed by atoms with Gasteiger partial charge in [-0.1, -0.05) is 60.7 Å². The Morgan fingerprint density at radius 1 is 0.846 bits per heavy atom. The number of rotatable bonds is 4. The summed E-state index contributed by atoms with van der Waals surface area (Å²) in [5.74, 6) is 0.717. The Morgan fingerprint density at radius 2 is 1.42 bits per heavy atom. The van der Waals surface area contributed by atoms with Crippen molar-refractivity contribution < 1.29 is 4.74 Å². The van der Waals surface area contributed by atoms with Crippen LogP contribution in [0.25, 0.3) is 0 Å². The van der Waals surface area contributed by atoms with Gasteiger partial charge in [-0.15, -0.1) is 0 Å². The number of hydrogen-bond acceptors (Lipinski definition) is 4. The zero-order valence-corrected chi connectivity index (χ0v) is 14.5. The van der Waals surface area contributed by atoms with Gasteiger partial charge in [-0.25, -0.2) is 4.79 Å². The van der Waals surface area contributed by atoms with Crippen LogP contribution in [0.4, 0.5) is 5.82 Å². The fraction of sp³-hybridized carbons (Fsp3) is 0.238. The van der Waals surface area contributed by atoms with Gasteiger partial charge in [0.15, 0.2) is 0 Å². The lowest BCUT2D eigenvalue weighted by atomic mass is 9.98. The van der Waals surface area contributed by atoms with E-state index in [4.69, 9.17) is 4.74 Å². The highest BCUT2D eigenvalue weighted by atomic mass is 16.5. The highest BCUT2D eigenvalue weighted by Gasteiger charge is 2.19. The standard InChI is InChI=1S/C21H21N3O2/c25-21-22-19(23-13-15-26-16-14-23)11-12-24(21)20(17-7-3-1-4-8-17)18-9-5-2-6-10-18/h1-12,20H,13-16H2. The first-order valence-electron chi connectivity index (χ1n) is 8.85. The summed E-state index contributed by atoms with van der Waals surface area (Å²) >= 11 is 0. The number of ether oxygens (including phenoxy) is 1. The molecular formula is C21H21N3O2. The SMILES string of the molecule is O=c1nc(N2CCOCC2)ccn1C(c1ccccc1)c1ccccc1. The maximum Gasteiger partial charge on any atom is 0.350 e. The van der Waals surface area contributed by atoms with Gasteiger partial charge in [0.05, 0.1) is 19.3 Å². The van der Waals surface area contributed by atoms with Gasteiger partial charge in [-0.3, -0.25) is 4.57 Å². The quantitative estimate of drug-likeness (QED) is 0.728. The van der Waals surface area contributed by atoms with Crippen molar-refractivity contribution in [1.29, 1.82) is 0 Å². The molecule has 3 aromatic rings. The maximum atomic E-state index is 12.9. The molecule has 0 radical (unpaired) electrons. The maximum absolute atomic E-state index is 12.9. The lowest BCUT2D eigenvalue weighted by molar-refractivity contribution is 0.122. The second kappa shape index (κ2) is 7.54. The Hall–Kier alpha value is -2.92. The highest BCUT2D eigenvalue weighted by molar-refractivity contribution is 5.38. The topological polar surface area (TPSA) is 47.4 Å². The average Bonchev–Trinajstić information content (AvgIpc) is 2.72. The molecule has 1 aliphatic heterocycles. The Balaban J connectivity index is 1.75. The number of aromatic nitrogens is 2. The molecule has 0 saturated carbocycles. The smallest absolute Gasteiger partial charge is 0.350 e. The van der Waals surface area contributed by atoms with Crippen molar-refractivity contribution in [2.75, 3.05) is 31.2 Å². The average molecular weight is 347 g/mol. The summed E-state index contributed by atoms with van der Waals surface area (Å²) in [6.45, 7) is 2.86. The molecule has 2 heterocycles. The van der Waals surface area contributed by atoms with Gasteiger partial charge in [-0.2, -0.15) is 4.98 Å². The summed E-state index contributed by atoms with van der Waals surface area (Å²) in [5.41, 5.74) is 1.87. The fourth-order valence-corrected chi connectivity index (χ4v) is 3.35. The minimum atomic E-state index is -0.244. The number of morpholine rings is 1. The van der Waals surface area contributed by atoms with Crippen LogP contribution in [0.5, 0.6) is 0 Å². The molecule has 1 aliphatic rings. The van der Waals surface area contributed by atoms with Gasteiger partial charge in [-0.05, 0) is 17.2 Å². The summed E-state index contributed by atoms with van der Waals surface area (Å²) in [6.07, 6.45) is 1.85. The Bertz CT molecular complexity index is 864. The van der Waals surface area contributed by atoms with Crippen LogP contribution < -0.4 is 10.6 Å². The molecule has 26 heavy (non-hydrogen) atoms. The molecular weight excluding hydrogens is 326 g/mol. The zero-order valence-electron chi connectivity index (χ0n) is 14.5. The van der Waals surface area contributed by atoms with E-state index in [9.17, 15) is 4.79 Å². The first kappa shape index (κ1) is 16.5. The third-order valence-corrected chi connectivity index (χ3v) is 4.66. The van der Waals surface area contributed by atoms with Gasteiger partial charge in [0.1, 0.15) is 5.82 Å². The summed E-state index contributed by atoms with van der Waals surface area (Å²) in [7, 11) is 0. The number of nitrogens with zero attached hydrogens (tertiary/aromatic N) is 3. The van der Waals surface area contributed by atoms with Crippen molar-refractivity contribution in [2.45, 2.75) is 6.04 Å². The fourth-order valence-electron chi connectivity index (χ4n) is 3.35. The molecule has 1 saturated heterocycles. The monoisotopic (exact) mass is 347 g/mol. The van der Waals surface area contributed by atoms with Crippen molar-refractivity contribution in [3.63, 3.8) is 0 Å². The van der Waals surface area contributed by atoms with Crippen molar-refractivity contribution in [3.05, 3.63) is 94.5 Å². The van der Waals surface area contributed by atoms with E-state index < -0.39 is 0 Å². The van der Waals surface area contributed by atoms with Crippen molar-refractivity contribution >= 4 is 5.82 Å². The molecule has 0 amide bonds. The molecule has 0 aliphatic carbocycles. The molecule has 0 bridgehead atoms. The van der Waals surface area contributed by atoms with E-state index in [1.165, 1.54) is 0 Å². The molecule has 5 nitrogen and oxygen atoms in total. The van der Waals surface area contributed by atoms with E-state index in [-0.39, 0.29) is 11.7 Å². The van der Waals surface area contributed by atoms with Gasteiger partial charge in [0.25, 0.3) is 0 Å². The number of anilines is 1. The first-order valence-corrected chi connectivity index (χ1v) is 8.85. The largest absolute Gasteiger partial charge is 0.378 e. The molecule has 5 heteroatoms. The van der Waals surface area contributed by atoms with E-state index in [0.717, 1.165) is 30.0 Å². The lowest BCUT2D eigenvalue weighted by Gasteiger charge is -2.28. The molecule has 0 atom stereocenters. The van der Waals surface area contributed by atoms with Gasteiger partial charge < -0.3 is 9.64 Å². The number of hydrogen-bond donors (Lipinski definition) is 0. The predicted molar refractivity (Wildman–Crippen MR) is 102 cm³/mol. The summed E-state index contributed by atoms with van der Waals surface area (Å²) in [4.78, 5) is 19.3. The zero-order chi connectivity index (χ0) is 17.8. The van der Waals surface area contributed by atoms with Crippen LogP contribution in [0.3, 0.4) is 0 Å². The lowest BCUT2D eigenvalue weighted by Crippen LogP contribution is -2.38. The third-order valence-electron chi connectivity index (χ3n) is 4.66.